The number of fused-ring (bicyclic) bond motifs is 1. The minimum absolute atomic E-state index is 0.189. The molecule has 1 aliphatic heterocycles. The van der Waals surface area contributed by atoms with Crippen LogP contribution >= 0.6 is 0 Å². The average molecular weight is 282 g/mol. The summed E-state index contributed by atoms with van der Waals surface area (Å²) in [6.45, 7) is 6.64. The van der Waals surface area contributed by atoms with Crippen molar-refractivity contribution < 1.29 is 4.74 Å². The third kappa shape index (κ3) is 2.88. The highest BCUT2D eigenvalue weighted by Crippen LogP contribution is 2.35. The van der Waals surface area contributed by atoms with E-state index in [1.807, 2.05) is 0 Å². The van der Waals surface area contributed by atoms with Gasteiger partial charge in [0.2, 0.25) is 0 Å². The topological polar surface area (TPSA) is 38.5 Å². The molecule has 2 aromatic carbocycles. The maximum absolute atomic E-state index is 5.98. The van der Waals surface area contributed by atoms with Crippen molar-refractivity contribution in [3.8, 4) is 5.75 Å². The van der Waals surface area contributed by atoms with Gasteiger partial charge in [0.25, 0.3) is 0 Å². The molecular weight excluding hydrogens is 260 g/mol. The maximum atomic E-state index is 5.98. The van der Waals surface area contributed by atoms with Gasteiger partial charge in [0.15, 0.2) is 0 Å². The fourth-order valence-electron chi connectivity index (χ4n) is 2.85. The van der Waals surface area contributed by atoms with Gasteiger partial charge in [-0.05, 0) is 42.7 Å². The third-order valence-corrected chi connectivity index (χ3v) is 4.03. The number of anilines is 1. The molecule has 0 radical (unpaired) electrons. The van der Waals surface area contributed by atoms with Crippen molar-refractivity contribution >= 4 is 5.69 Å². The molecule has 3 rings (SSSR count). The lowest BCUT2D eigenvalue weighted by molar-refractivity contribution is 0.212. The van der Waals surface area contributed by atoms with E-state index < -0.39 is 0 Å². The number of nitrogens with two attached hydrogens (primary N) is 1. The summed E-state index contributed by atoms with van der Waals surface area (Å²) in [5, 5.41) is 0. The highest BCUT2D eigenvalue weighted by Gasteiger charge is 2.23. The van der Waals surface area contributed by atoms with Crippen LogP contribution < -0.4 is 15.4 Å². The molecule has 0 aliphatic carbocycles. The van der Waals surface area contributed by atoms with Crippen molar-refractivity contribution in [3.63, 3.8) is 0 Å². The lowest BCUT2D eigenvalue weighted by atomic mass is 10.1. The van der Waals surface area contributed by atoms with E-state index in [9.17, 15) is 0 Å². The number of nitrogens with zero attached hydrogens (tertiary/aromatic N) is 1. The number of ether oxygens (including phenoxy) is 1. The van der Waals surface area contributed by atoms with Crippen LogP contribution in [0.1, 0.15) is 23.6 Å². The molecule has 3 nitrogen and oxygen atoms in total. The van der Waals surface area contributed by atoms with Crippen molar-refractivity contribution in [2.24, 2.45) is 5.73 Å². The highest BCUT2D eigenvalue weighted by molar-refractivity contribution is 5.61. The van der Waals surface area contributed by atoms with E-state index in [4.69, 9.17) is 10.5 Å². The van der Waals surface area contributed by atoms with E-state index in [-0.39, 0.29) is 6.10 Å². The normalized spacial score (nSPS) is 17.3. The first-order valence-electron chi connectivity index (χ1n) is 7.46. The average Bonchev–Trinajstić information content (AvgIpc) is 2.48. The van der Waals surface area contributed by atoms with Gasteiger partial charge in [0, 0.05) is 13.1 Å². The zero-order valence-corrected chi connectivity index (χ0v) is 12.7. The number of hydrogen-bond acceptors (Lipinski definition) is 3. The predicted octanol–water partition coefficient (Wildman–Crippen LogP) is 3.24. The van der Waals surface area contributed by atoms with E-state index in [0.29, 0.717) is 6.54 Å². The van der Waals surface area contributed by atoms with Gasteiger partial charge < -0.3 is 15.4 Å². The van der Waals surface area contributed by atoms with E-state index in [1.54, 1.807) is 0 Å². The summed E-state index contributed by atoms with van der Waals surface area (Å²) in [5.41, 5.74) is 10.7. The van der Waals surface area contributed by atoms with Gasteiger partial charge in [-0.2, -0.15) is 0 Å². The van der Waals surface area contributed by atoms with Crippen LogP contribution in [0.5, 0.6) is 5.75 Å². The number of aryl methyl sites for hydroxylation is 1. The second-order valence-corrected chi connectivity index (χ2v) is 5.74. The largest absolute Gasteiger partial charge is 0.487 e. The molecule has 1 aliphatic rings. The summed E-state index contributed by atoms with van der Waals surface area (Å²) in [7, 11) is 0. The van der Waals surface area contributed by atoms with Gasteiger partial charge in [0.05, 0.1) is 12.2 Å². The van der Waals surface area contributed by atoms with Gasteiger partial charge >= 0.3 is 0 Å². The summed E-state index contributed by atoms with van der Waals surface area (Å²) in [6.07, 6.45) is 0.189. The van der Waals surface area contributed by atoms with E-state index in [2.05, 4.69) is 61.2 Å². The zero-order valence-electron chi connectivity index (χ0n) is 12.7. The minimum atomic E-state index is 0.189. The standard InChI is InChI=1S/C18H22N2O/c1-13-5-3-4-6-16(13)12-20-11-14(2)21-18-9-15(10-19)7-8-17(18)20/h3-9,14H,10-12,19H2,1-2H3. The highest BCUT2D eigenvalue weighted by atomic mass is 16.5. The van der Waals surface area contributed by atoms with Gasteiger partial charge in [-0.25, -0.2) is 0 Å². The lowest BCUT2D eigenvalue weighted by Gasteiger charge is -2.35. The summed E-state index contributed by atoms with van der Waals surface area (Å²) >= 11 is 0. The fourth-order valence-corrected chi connectivity index (χ4v) is 2.85. The van der Waals surface area contributed by atoms with Crippen LogP contribution in [0, 0.1) is 6.92 Å². The van der Waals surface area contributed by atoms with Crippen molar-refractivity contribution in [2.75, 3.05) is 11.4 Å². The van der Waals surface area contributed by atoms with E-state index >= 15 is 0 Å². The molecule has 3 heteroatoms. The SMILES string of the molecule is Cc1ccccc1CN1CC(C)Oc2cc(CN)ccc21. The van der Waals surface area contributed by atoms with Crippen LogP contribution in [0.3, 0.4) is 0 Å². The van der Waals surface area contributed by atoms with Crippen molar-refractivity contribution in [1.29, 1.82) is 0 Å². The number of hydrogen-bond donors (Lipinski definition) is 1. The summed E-state index contributed by atoms with van der Waals surface area (Å²) < 4.78 is 5.98. The fraction of sp³-hybridized carbons (Fsp3) is 0.333. The molecule has 1 heterocycles. The van der Waals surface area contributed by atoms with Crippen LogP contribution in [0.4, 0.5) is 5.69 Å². The van der Waals surface area contributed by atoms with E-state index in [0.717, 1.165) is 30.1 Å². The maximum Gasteiger partial charge on any atom is 0.143 e. The predicted molar refractivity (Wildman–Crippen MR) is 86.7 cm³/mol. The van der Waals surface area contributed by atoms with Crippen LogP contribution in [-0.4, -0.2) is 12.6 Å². The molecule has 0 fully saturated rings. The molecule has 0 spiro atoms. The Bertz CT molecular complexity index is 639. The number of benzene rings is 2. The second kappa shape index (κ2) is 5.78. The summed E-state index contributed by atoms with van der Waals surface area (Å²) in [5.74, 6) is 0.949. The molecule has 1 atom stereocenters. The molecule has 2 N–H and O–H groups in total. The Labute approximate surface area is 126 Å². The van der Waals surface area contributed by atoms with Crippen LogP contribution in [-0.2, 0) is 13.1 Å². The van der Waals surface area contributed by atoms with Crippen molar-refractivity contribution in [3.05, 3.63) is 59.2 Å². The Morgan fingerprint density at radius 3 is 2.81 bits per heavy atom. The van der Waals surface area contributed by atoms with Crippen LogP contribution in [0.15, 0.2) is 42.5 Å². The van der Waals surface area contributed by atoms with Crippen LogP contribution in [0.2, 0.25) is 0 Å². The van der Waals surface area contributed by atoms with Crippen molar-refractivity contribution in [2.45, 2.75) is 33.0 Å². The van der Waals surface area contributed by atoms with Gasteiger partial charge in [-0.1, -0.05) is 30.3 Å². The third-order valence-electron chi connectivity index (χ3n) is 4.03. The van der Waals surface area contributed by atoms with Gasteiger partial charge in [-0.15, -0.1) is 0 Å². The molecular formula is C18H22N2O. The molecule has 0 saturated carbocycles. The summed E-state index contributed by atoms with van der Waals surface area (Å²) in [4.78, 5) is 2.39. The monoisotopic (exact) mass is 282 g/mol. The Balaban J connectivity index is 1.92. The first-order valence-corrected chi connectivity index (χ1v) is 7.46. The van der Waals surface area contributed by atoms with Crippen LogP contribution in [0.25, 0.3) is 0 Å². The Morgan fingerprint density at radius 1 is 1.24 bits per heavy atom. The Hall–Kier alpha value is -2.00. The molecule has 0 amide bonds. The first kappa shape index (κ1) is 14.0. The quantitative estimate of drug-likeness (QED) is 0.939. The molecule has 0 saturated heterocycles. The molecule has 110 valence electrons. The molecule has 21 heavy (non-hydrogen) atoms. The molecule has 2 aromatic rings. The molecule has 0 aromatic heterocycles. The van der Waals surface area contributed by atoms with E-state index in [1.165, 1.54) is 11.1 Å². The summed E-state index contributed by atoms with van der Waals surface area (Å²) in [6, 6.07) is 14.8. The Kier molecular flexibility index (Phi) is 3.84. The molecule has 0 bridgehead atoms. The first-order chi connectivity index (χ1) is 10.2. The second-order valence-electron chi connectivity index (χ2n) is 5.74. The number of rotatable bonds is 3. The van der Waals surface area contributed by atoms with Gasteiger partial charge in [0.1, 0.15) is 11.9 Å². The smallest absolute Gasteiger partial charge is 0.143 e. The van der Waals surface area contributed by atoms with Crippen molar-refractivity contribution in [1.82, 2.24) is 0 Å². The van der Waals surface area contributed by atoms with Gasteiger partial charge in [-0.3, -0.25) is 0 Å². The zero-order chi connectivity index (χ0) is 14.8. The lowest BCUT2D eigenvalue weighted by Crippen LogP contribution is -2.38. The minimum Gasteiger partial charge on any atom is -0.487 e. The Morgan fingerprint density at radius 2 is 2.05 bits per heavy atom. The molecule has 1 unspecified atom stereocenters.